The van der Waals surface area contributed by atoms with Crippen LogP contribution in [0.3, 0.4) is 0 Å². The van der Waals surface area contributed by atoms with Gasteiger partial charge in [0.15, 0.2) is 0 Å². The molecular weight excluding hydrogens is 218 g/mol. The van der Waals surface area contributed by atoms with Gasteiger partial charge in [-0.2, -0.15) is 0 Å². The van der Waals surface area contributed by atoms with Crippen LogP contribution < -0.4 is 5.32 Å². The molecule has 1 amide bonds. The fraction of sp³-hybridized carbons (Fsp3) is 0.462. The van der Waals surface area contributed by atoms with E-state index in [0.29, 0.717) is 12.5 Å². The van der Waals surface area contributed by atoms with Gasteiger partial charge in [0.2, 0.25) is 5.91 Å². The minimum absolute atomic E-state index is 0.0445. The number of rotatable bonds is 4. The molecule has 1 fully saturated rings. The maximum Gasteiger partial charge on any atom is 0.224 e. The number of carbonyl (C=O) groups excluding carboxylic acids is 1. The lowest BCUT2D eigenvalue weighted by atomic mass is 9.82. The zero-order valence-corrected chi connectivity index (χ0v) is 9.60. The van der Waals surface area contributed by atoms with E-state index in [4.69, 9.17) is 5.11 Å². The Hall–Kier alpha value is -1.55. The number of carbonyl (C=O) groups is 1. The summed E-state index contributed by atoms with van der Waals surface area (Å²) in [5.41, 5.74) is 0.802. The molecule has 0 aliphatic heterocycles. The van der Waals surface area contributed by atoms with Crippen LogP contribution in [0.25, 0.3) is 0 Å². The van der Waals surface area contributed by atoms with Crippen molar-refractivity contribution in [3.8, 4) is 5.75 Å². The molecule has 92 valence electrons. The number of aromatic hydroxyl groups is 1. The first-order valence-electron chi connectivity index (χ1n) is 5.86. The molecule has 0 saturated heterocycles. The maximum atomic E-state index is 11.6. The molecule has 4 heteroatoms. The van der Waals surface area contributed by atoms with Crippen molar-refractivity contribution in [2.45, 2.75) is 25.4 Å². The van der Waals surface area contributed by atoms with E-state index < -0.39 is 0 Å². The number of aliphatic hydroxyl groups excluding tert-OH is 1. The molecule has 1 aromatic carbocycles. The third-order valence-corrected chi connectivity index (χ3v) is 3.07. The minimum atomic E-state index is -0.178. The second-order valence-corrected chi connectivity index (χ2v) is 4.64. The number of phenolic OH excluding ortho intramolecular Hbond substituents is 1. The van der Waals surface area contributed by atoms with Gasteiger partial charge in [0.1, 0.15) is 5.75 Å². The van der Waals surface area contributed by atoms with E-state index in [-0.39, 0.29) is 24.2 Å². The SMILES string of the molecule is O=C(Cc1cccc(O)c1)NCC1CC(O)C1. The number of phenols is 1. The zero-order chi connectivity index (χ0) is 12.3. The fourth-order valence-electron chi connectivity index (χ4n) is 2.04. The first-order chi connectivity index (χ1) is 8.13. The lowest BCUT2D eigenvalue weighted by Gasteiger charge is -2.31. The molecule has 0 radical (unpaired) electrons. The molecule has 1 saturated carbocycles. The average molecular weight is 235 g/mol. The summed E-state index contributed by atoms with van der Waals surface area (Å²) < 4.78 is 0. The van der Waals surface area contributed by atoms with Crippen molar-refractivity contribution >= 4 is 5.91 Å². The van der Waals surface area contributed by atoms with Gasteiger partial charge in [0, 0.05) is 6.54 Å². The highest BCUT2D eigenvalue weighted by atomic mass is 16.3. The summed E-state index contributed by atoms with van der Waals surface area (Å²) in [6.45, 7) is 0.634. The van der Waals surface area contributed by atoms with Crippen LogP contribution in [-0.4, -0.2) is 28.8 Å². The highest BCUT2D eigenvalue weighted by molar-refractivity contribution is 5.78. The van der Waals surface area contributed by atoms with Crippen LogP contribution in [0.1, 0.15) is 18.4 Å². The topological polar surface area (TPSA) is 69.6 Å². The predicted molar refractivity (Wildman–Crippen MR) is 63.6 cm³/mol. The predicted octanol–water partition coefficient (Wildman–Crippen LogP) is 0.822. The Morgan fingerprint density at radius 3 is 2.82 bits per heavy atom. The molecule has 0 aromatic heterocycles. The first kappa shape index (κ1) is 11.9. The van der Waals surface area contributed by atoms with Crippen molar-refractivity contribution in [1.82, 2.24) is 5.32 Å². The Morgan fingerprint density at radius 2 is 2.18 bits per heavy atom. The van der Waals surface area contributed by atoms with Gasteiger partial charge in [-0.1, -0.05) is 12.1 Å². The lowest BCUT2D eigenvalue weighted by Crippen LogP contribution is -2.38. The second kappa shape index (κ2) is 5.19. The van der Waals surface area contributed by atoms with Crippen LogP contribution >= 0.6 is 0 Å². The molecule has 4 nitrogen and oxygen atoms in total. The highest BCUT2D eigenvalue weighted by Gasteiger charge is 2.26. The molecule has 0 heterocycles. The van der Waals surface area contributed by atoms with E-state index in [9.17, 15) is 9.90 Å². The summed E-state index contributed by atoms with van der Waals surface area (Å²) in [5, 5.41) is 21.2. The average Bonchev–Trinajstić information content (AvgIpc) is 2.23. The fourth-order valence-corrected chi connectivity index (χ4v) is 2.04. The van der Waals surface area contributed by atoms with Crippen LogP contribution in [-0.2, 0) is 11.2 Å². The molecule has 2 rings (SSSR count). The lowest BCUT2D eigenvalue weighted by molar-refractivity contribution is -0.121. The van der Waals surface area contributed by atoms with E-state index in [1.165, 1.54) is 0 Å². The maximum absolute atomic E-state index is 11.6. The van der Waals surface area contributed by atoms with Crippen LogP contribution in [0.5, 0.6) is 5.75 Å². The van der Waals surface area contributed by atoms with Gasteiger partial charge < -0.3 is 15.5 Å². The Kier molecular flexibility index (Phi) is 3.64. The largest absolute Gasteiger partial charge is 0.508 e. The van der Waals surface area contributed by atoms with Gasteiger partial charge in [-0.25, -0.2) is 0 Å². The second-order valence-electron chi connectivity index (χ2n) is 4.64. The van der Waals surface area contributed by atoms with Gasteiger partial charge >= 0.3 is 0 Å². The Morgan fingerprint density at radius 1 is 1.41 bits per heavy atom. The van der Waals surface area contributed by atoms with Crippen molar-refractivity contribution in [2.75, 3.05) is 6.54 Å². The van der Waals surface area contributed by atoms with Crippen molar-refractivity contribution in [2.24, 2.45) is 5.92 Å². The monoisotopic (exact) mass is 235 g/mol. The molecule has 0 atom stereocenters. The third kappa shape index (κ3) is 3.46. The summed E-state index contributed by atoms with van der Waals surface area (Å²) in [6.07, 6.45) is 1.67. The molecule has 1 aliphatic carbocycles. The van der Waals surface area contributed by atoms with Crippen LogP contribution in [0.4, 0.5) is 0 Å². The number of nitrogens with one attached hydrogen (secondary N) is 1. The van der Waals surface area contributed by atoms with E-state index >= 15 is 0 Å². The molecular formula is C13H17NO3. The Balaban J connectivity index is 1.73. The highest BCUT2D eigenvalue weighted by Crippen LogP contribution is 2.26. The number of amides is 1. The zero-order valence-electron chi connectivity index (χ0n) is 9.60. The van der Waals surface area contributed by atoms with Gasteiger partial charge in [-0.15, -0.1) is 0 Å². The van der Waals surface area contributed by atoms with Gasteiger partial charge in [0.25, 0.3) is 0 Å². The Bertz CT molecular complexity index is 399. The number of aliphatic hydroxyl groups is 1. The van der Waals surface area contributed by atoms with Crippen molar-refractivity contribution in [3.05, 3.63) is 29.8 Å². The van der Waals surface area contributed by atoms with E-state index in [1.807, 2.05) is 6.07 Å². The van der Waals surface area contributed by atoms with Crippen molar-refractivity contribution < 1.29 is 15.0 Å². The van der Waals surface area contributed by atoms with Crippen LogP contribution in [0, 0.1) is 5.92 Å². The summed E-state index contributed by atoms with van der Waals surface area (Å²) in [6, 6.07) is 6.70. The van der Waals surface area contributed by atoms with E-state index in [0.717, 1.165) is 18.4 Å². The quantitative estimate of drug-likeness (QED) is 0.723. The molecule has 1 aromatic rings. The van der Waals surface area contributed by atoms with Gasteiger partial charge in [0.05, 0.1) is 12.5 Å². The standard InChI is InChI=1S/C13H17NO3/c15-11-3-1-2-9(4-11)7-13(17)14-8-10-5-12(16)6-10/h1-4,10,12,15-16H,5-8H2,(H,14,17). The summed E-state index contributed by atoms with van der Waals surface area (Å²) in [4.78, 5) is 11.6. The summed E-state index contributed by atoms with van der Waals surface area (Å²) in [7, 11) is 0. The van der Waals surface area contributed by atoms with Crippen LogP contribution in [0.2, 0.25) is 0 Å². The molecule has 17 heavy (non-hydrogen) atoms. The van der Waals surface area contributed by atoms with Gasteiger partial charge in [-0.05, 0) is 36.5 Å². The van der Waals surface area contributed by atoms with Crippen molar-refractivity contribution in [1.29, 1.82) is 0 Å². The smallest absolute Gasteiger partial charge is 0.224 e. The van der Waals surface area contributed by atoms with Crippen LogP contribution in [0.15, 0.2) is 24.3 Å². The Labute approximate surface area is 100 Å². The molecule has 0 bridgehead atoms. The number of hydrogen-bond donors (Lipinski definition) is 3. The summed E-state index contributed by atoms with van der Waals surface area (Å²) in [5.74, 6) is 0.549. The first-order valence-corrected chi connectivity index (χ1v) is 5.86. The minimum Gasteiger partial charge on any atom is -0.508 e. The molecule has 0 spiro atoms. The third-order valence-electron chi connectivity index (χ3n) is 3.07. The molecule has 0 unspecified atom stereocenters. The summed E-state index contributed by atoms with van der Waals surface area (Å²) >= 11 is 0. The molecule has 1 aliphatic rings. The van der Waals surface area contributed by atoms with E-state index in [2.05, 4.69) is 5.32 Å². The van der Waals surface area contributed by atoms with Crippen molar-refractivity contribution in [3.63, 3.8) is 0 Å². The van der Waals surface area contributed by atoms with E-state index in [1.54, 1.807) is 18.2 Å². The normalized spacial score (nSPS) is 22.9. The molecule has 3 N–H and O–H groups in total. The number of benzene rings is 1. The number of hydrogen-bond acceptors (Lipinski definition) is 3. The van der Waals surface area contributed by atoms with Gasteiger partial charge in [-0.3, -0.25) is 4.79 Å².